The summed E-state index contributed by atoms with van der Waals surface area (Å²) in [6, 6.07) is 2.54. The van der Waals surface area contributed by atoms with Gasteiger partial charge in [-0.15, -0.1) is 11.3 Å². The third kappa shape index (κ3) is 2.63. The molecule has 0 aliphatic rings. The standard InChI is InChI=1S/C16H23NOS/c1-7-17-16(14-8-9(2)19-13(14)6)15-10(3)11(4)18-12(15)5/h8,16-17H,7H2,1-6H3. The largest absolute Gasteiger partial charge is 0.466 e. The first kappa shape index (κ1) is 14.4. The van der Waals surface area contributed by atoms with Gasteiger partial charge in [0.2, 0.25) is 0 Å². The summed E-state index contributed by atoms with van der Waals surface area (Å²) in [6.45, 7) is 13.7. The molecule has 2 heterocycles. The molecule has 0 aromatic carbocycles. The molecule has 2 aromatic rings. The minimum absolute atomic E-state index is 0.243. The van der Waals surface area contributed by atoms with Gasteiger partial charge in [0.25, 0.3) is 0 Å². The number of hydrogen-bond acceptors (Lipinski definition) is 3. The van der Waals surface area contributed by atoms with Gasteiger partial charge in [-0.1, -0.05) is 6.92 Å². The van der Waals surface area contributed by atoms with E-state index in [2.05, 4.69) is 46.0 Å². The molecule has 0 radical (unpaired) electrons. The molecular formula is C16H23NOS. The molecule has 1 atom stereocenters. The van der Waals surface area contributed by atoms with Crippen LogP contribution in [0.5, 0.6) is 0 Å². The summed E-state index contributed by atoms with van der Waals surface area (Å²) in [7, 11) is 0. The quantitative estimate of drug-likeness (QED) is 0.884. The van der Waals surface area contributed by atoms with Gasteiger partial charge in [0.05, 0.1) is 6.04 Å². The van der Waals surface area contributed by atoms with Crippen LogP contribution in [0.25, 0.3) is 0 Å². The summed E-state index contributed by atoms with van der Waals surface area (Å²) in [4.78, 5) is 2.76. The number of aryl methyl sites for hydroxylation is 4. The molecule has 2 nitrogen and oxygen atoms in total. The Hall–Kier alpha value is -1.06. The minimum atomic E-state index is 0.243. The number of furan rings is 1. The Labute approximate surface area is 119 Å². The van der Waals surface area contributed by atoms with Gasteiger partial charge in [0.15, 0.2) is 0 Å². The molecule has 104 valence electrons. The van der Waals surface area contributed by atoms with Crippen LogP contribution >= 0.6 is 11.3 Å². The van der Waals surface area contributed by atoms with Crippen molar-refractivity contribution in [2.24, 2.45) is 0 Å². The zero-order chi connectivity index (χ0) is 14.2. The van der Waals surface area contributed by atoms with Gasteiger partial charge in [0.1, 0.15) is 11.5 Å². The highest BCUT2D eigenvalue weighted by atomic mass is 32.1. The fourth-order valence-electron chi connectivity index (χ4n) is 2.74. The number of nitrogens with one attached hydrogen (secondary N) is 1. The van der Waals surface area contributed by atoms with Gasteiger partial charge >= 0.3 is 0 Å². The molecule has 0 aliphatic carbocycles. The molecule has 1 N–H and O–H groups in total. The van der Waals surface area contributed by atoms with Crippen LogP contribution in [0, 0.1) is 34.6 Å². The van der Waals surface area contributed by atoms with Crippen molar-refractivity contribution in [3.05, 3.63) is 44.0 Å². The van der Waals surface area contributed by atoms with Crippen LogP contribution in [0.2, 0.25) is 0 Å². The first-order valence-electron chi connectivity index (χ1n) is 6.82. The molecule has 2 rings (SSSR count). The predicted molar refractivity (Wildman–Crippen MR) is 82.2 cm³/mol. The van der Waals surface area contributed by atoms with Gasteiger partial charge in [-0.3, -0.25) is 0 Å². The van der Waals surface area contributed by atoms with E-state index in [0.717, 1.165) is 18.1 Å². The number of hydrogen-bond donors (Lipinski definition) is 1. The van der Waals surface area contributed by atoms with Gasteiger partial charge in [-0.05, 0) is 58.4 Å². The highest BCUT2D eigenvalue weighted by molar-refractivity contribution is 7.12. The van der Waals surface area contributed by atoms with E-state index in [9.17, 15) is 0 Å². The molecule has 19 heavy (non-hydrogen) atoms. The van der Waals surface area contributed by atoms with E-state index in [1.54, 1.807) is 0 Å². The topological polar surface area (TPSA) is 25.2 Å². The predicted octanol–water partition coefficient (Wildman–Crippen LogP) is 4.58. The molecular weight excluding hydrogens is 254 g/mol. The first-order chi connectivity index (χ1) is 8.95. The van der Waals surface area contributed by atoms with Crippen molar-refractivity contribution in [3.63, 3.8) is 0 Å². The maximum absolute atomic E-state index is 5.80. The summed E-state index contributed by atoms with van der Waals surface area (Å²) in [6.07, 6.45) is 0. The average molecular weight is 277 g/mol. The van der Waals surface area contributed by atoms with Crippen LogP contribution in [-0.2, 0) is 0 Å². The van der Waals surface area contributed by atoms with E-state index >= 15 is 0 Å². The highest BCUT2D eigenvalue weighted by Crippen LogP contribution is 2.35. The van der Waals surface area contributed by atoms with Crippen LogP contribution in [-0.4, -0.2) is 6.54 Å². The summed E-state index contributed by atoms with van der Waals surface area (Å²) < 4.78 is 5.80. The number of thiophene rings is 1. The summed E-state index contributed by atoms with van der Waals surface area (Å²) in [5.74, 6) is 2.06. The second-order valence-corrected chi connectivity index (χ2v) is 6.57. The molecule has 0 aliphatic heterocycles. The van der Waals surface area contributed by atoms with E-state index in [0.29, 0.717) is 0 Å². The monoisotopic (exact) mass is 277 g/mol. The summed E-state index contributed by atoms with van der Waals surface area (Å²) in [5, 5.41) is 3.61. The van der Waals surface area contributed by atoms with Crippen molar-refractivity contribution in [1.82, 2.24) is 5.32 Å². The Kier molecular flexibility index (Phi) is 4.16. The summed E-state index contributed by atoms with van der Waals surface area (Å²) >= 11 is 1.87. The second kappa shape index (κ2) is 5.51. The Morgan fingerprint density at radius 2 is 1.84 bits per heavy atom. The Bertz CT molecular complexity index is 580. The Morgan fingerprint density at radius 1 is 1.16 bits per heavy atom. The normalized spacial score (nSPS) is 12.9. The third-order valence-electron chi connectivity index (χ3n) is 3.70. The molecule has 1 unspecified atom stereocenters. The van der Waals surface area contributed by atoms with E-state index in [1.807, 2.05) is 18.3 Å². The Morgan fingerprint density at radius 3 is 2.26 bits per heavy atom. The second-order valence-electron chi connectivity index (χ2n) is 5.11. The molecule has 3 heteroatoms. The maximum atomic E-state index is 5.80. The van der Waals surface area contributed by atoms with Crippen molar-refractivity contribution >= 4 is 11.3 Å². The van der Waals surface area contributed by atoms with E-state index in [4.69, 9.17) is 4.42 Å². The molecule has 0 amide bonds. The minimum Gasteiger partial charge on any atom is -0.466 e. The van der Waals surface area contributed by atoms with Gasteiger partial charge < -0.3 is 9.73 Å². The van der Waals surface area contributed by atoms with E-state index in [1.165, 1.54) is 26.4 Å². The molecule has 0 bridgehead atoms. The van der Waals surface area contributed by atoms with Gasteiger partial charge in [-0.25, -0.2) is 0 Å². The van der Waals surface area contributed by atoms with Gasteiger partial charge in [0, 0.05) is 15.3 Å². The maximum Gasteiger partial charge on any atom is 0.106 e. The van der Waals surface area contributed by atoms with E-state index < -0.39 is 0 Å². The smallest absolute Gasteiger partial charge is 0.106 e. The van der Waals surface area contributed by atoms with Crippen molar-refractivity contribution in [3.8, 4) is 0 Å². The molecule has 0 saturated heterocycles. The van der Waals surface area contributed by atoms with Crippen LogP contribution in [0.4, 0.5) is 0 Å². The van der Waals surface area contributed by atoms with Gasteiger partial charge in [-0.2, -0.15) is 0 Å². The van der Waals surface area contributed by atoms with Crippen molar-refractivity contribution < 1.29 is 4.42 Å². The fraction of sp³-hybridized carbons (Fsp3) is 0.500. The van der Waals surface area contributed by atoms with Crippen molar-refractivity contribution in [2.75, 3.05) is 6.54 Å². The third-order valence-corrected chi connectivity index (χ3v) is 4.69. The molecule has 0 spiro atoms. The van der Waals surface area contributed by atoms with Crippen LogP contribution in [0.3, 0.4) is 0 Å². The van der Waals surface area contributed by atoms with Crippen LogP contribution in [0.1, 0.15) is 50.9 Å². The van der Waals surface area contributed by atoms with Crippen LogP contribution < -0.4 is 5.32 Å². The lowest BCUT2D eigenvalue weighted by atomic mass is 9.95. The van der Waals surface area contributed by atoms with Crippen LogP contribution in [0.15, 0.2) is 10.5 Å². The van der Waals surface area contributed by atoms with Crippen molar-refractivity contribution in [1.29, 1.82) is 0 Å². The average Bonchev–Trinajstić information content (AvgIpc) is 2.78. The fourth-order valence-corrected chi connectivity index (χ4v) is 3.71. The van der Waals surface area contributed by atoms with E-state index in [-0.39, 0.29) is 6.04 Å². The molecule has 2 aromatic heterocycles. The SMILES string of the molecule is CCNC(c1cc(C)sc1C)c1c(C)oc(C)c1C. The highest BCUT2D eigenvalue weighted by Gasteiger charge is 2.24. The summed E-state index contributed by atoms with van der Waals surface area (Å²) in [5.41, 5.74) is 3.96. The first-order valence-corrected chi connectivity index (χ1v) is 7.64. The zero-order valence-electron chi connectivity index (χ0n) is 12.7. The van der Waals surface area contributed by atoms with Crippen molar-refractivity contribution in [2.45, 2.75) is 47.6 Å². The lowest BCUT2D eigenvalue weighted by Gasteiger charge is -2.19. The molecule has 0 saturated carbocycles. The lowest BCUT2D eigenvalue weighted by Crippen LogP contribution is -2.23. The Balaban J connectivity index is 2.54. The zero-order valence-corrected chi connectivity index (χ0v) is 13.5. The number of rotatable bonds is 4. The lowest BCUT2D eigenvalue weighted by molar-refractivity contribution is 0.494. The molecule has 0 fully saturated rings.